The van der Waals surface area contributed by atoms with Crippen LogP contribution in [0, 0.1) is 5.92 Å². The molecule has 0 aliphatic carbocycles. The molecule has 4 N–H and O–H groups in total. The molecular formula is C22H28FNO6. The lowest BCUT2D eigenvalue weighted by Crippen LogP contribution is -2.34. The van der Waals surface area contributed by atoms with Gasteiger partial charge in [-0.2, -0.15) is 0 Å². The molecule has 0 aromatic heterocycles. The van der Waals surface area contributed by atoms with Crippen LogP contribution in [0.15, 0.2) is 30.1 Å². The Morgan fingerprint density at radius 3 is 2.50 bits per heavy atom. The van der Waals surface area contributed by atoms with E-state index in [-0.39, 0.29) is 23.8 Å². The van der Waals surface area contributed by atoms with E-state index in [0.29, 0.717) is 11.3 Å². The maximum atomic E-state index is 14.2. The highest BCUT2D eigenvalue weighted by atomic mass is 19.1. The summed E-state index contributed by atoms with van der Waals surface area (Å²) >= 11 is 0. The molecule has 0 amide bonds. The van der Waals surface area contributed by atoms with Crippen LogP contribution < -0.4 is 5.32 Å². The number of carbonyl (C=O) groups excluding carboxylic acids is 2. The van der Waals surface area contributed by atoms with Crippen LogP contribution in [0.2, 0.25) is 0 Å². The summed E-state index contributed by atoms with van der Waals surface area (Å²) in [5.41, 5.74) is 0.823. The minimum atomic E-state index is -1.93. The van der Waals surface area contributed by atoms with E-state index in [1.54, 1.807) is 6.07 Å². The van der Waals surface area contributed by atoms with E-state index >= 15 is 0 Å². The summed E-state index contributed by atoms with van der Waals surface area (Å²) in [5, 5.41) is 33.6. The first kappa shape index (κ1) is 23.6. The maximum Gasteiger partial charge on any atom is 0.342 e. The van der Waals surface area contributed by atoms with Crippen LogP contribution in [0.5, 0.6) is 5.75 Å². The van der Waals surface area contributed by atoms with Gasteiger partial charge in [-0.25, -0.2) is 9.18 Å². The van der Waals surface area contributed by atoms with Gasteiger partial charge in [0, 0.05) is 23.7 Å². The quantitative estimate of drug-likeness (QED) is 0.543. The van der Waals surface area contributed by atoms with Crippen molar-refractivity contribution in [1.29, 1.82) is 0 Å². The van der Waals surface area contributed by atoms with E-state index in [4.69, 9.17) is 4.74 Å². The molecule has 0 unspecified atom stereocenters. The number of cyclic esters (lactones) is 1. The summed E-state index contributed by atoms with van der Waals surface area (Å²) in [4.78, 5) is 24.7. The molecule has 1 heterocycles. The lowest BCUT2D eigenvalue weighted by atomic mass is 9.99. The van der Waals surface area contributed by atoms with Gasteiger partial charge >= 0.3 is 5.97 Å². The van der Waals surface area contributed by atoms with Crippen LogP contribution >= 0.6 is 0 Å². The van der Waals surface area contributed by atoms with Crippen LogP contribution in [0.3, 0.4) is 0 Å². The van der Waals surface area contributed by atoms with Gasteiger partial charge in [0.15, 0.2) is 5.83 Å². The second-order valence-corrected chi connectivity index (χ2v) is 7.76. The van der Waals surface area contributed by atoms with Gasteiger partial charge in [-0.15, -0.1) is 0 Å². The number of halogens is 1. The Bertz CT molecular complexity index is 863. The number of benzene rings is 1. The number of carbonyl (C=O) groups is 2. The number of aliphatic hydroxyl groups is 2. The van der Waals surface area contributed by atoms with Gasteiger partial charge in [0.05, 0.1) is 6.10 Å². The number of esters is 1. The predicted molar refractivity (Wildman–Crippen MR) is 111 cm³/mol. The number of phenols is 1. The lowest BCUT2D eigenvalue weighted by molar-refractivity contribution is -0.130. The summed E-state index contributed by atoms with van der Waals surface area (Å²) < 4.78 is 19.6. The first-order chi connectivity index (χ1) is 14.0. The molecule has 30 heavy (non-hydrogen) atoms. The van der Waals surface area contributed by atoms with Gasteiger partial charge in [-0.3, -0.25) is 4.79 Å². The Balaban J connectivity index is 2.54. The number of aromatic hydroxyl groups is 1. The number of nitrogens with one attached hydrogen (secondary N) is 1. The van der Waals surface area contributed by atoms with Crippen molar-refractivity contribution in [1.82, 2.24) is 0 Å². The summed E-state index contributed by atoms with van der Waals surface area (Å²) in [7, 11) is 0. The van der Waals surface area contributed by atoms with Crippen molar-refractivity contribution in [3.63, 3.8) is 0 Å². The number of hydrogen-bond donors (Lipinski definition) is 4. The Morgan fingerprint density at radius 1 is 1.20 bits per heavy atom. The van der Waals surface area contributed by atoms with Crippen molar-refractivity contribution < 1.29 is 34.0 Å². The zero-order valence-corrected chi connectivity index (χ0v) is 17.4. The molecule has 0 spiro atoms. The van der Waals surface area contributed by atoms with Crippen LogP contribution in [-0.4, -0.2) is 51.4 Å². The molecule has 2 rings (SSSR count). The van der Waals surface area contributed by atoms with Crippen molar-refractivity contribution in [2.75, 3.05) is 5.32 Å². The van der Waals surface area contributed by atoms with Crippen LogP contribution in [0.25, 0.3) is 6.08 Å². The molecule has 0 fully saturated rings. The lowest BCUT2D eigenvalue weighted by Gasteiger charge is -2.21. The number of ether oxygens (including phenoxy) is 1. The average Bonchev–Trinajstić information content (AvgIpc) is 2.64. The van der Waals surface area contributed by atoms with Crippen LogP contribution in [-0.2, 0) is 9.53 Å². The third kappa shape index (κ3) is 5.67. The molecule has 0 bridgehead atoms. The van der Waals surface area contributed by atoms with Crippen molar-refractivity contribution in [3.05, 3.63) is 41.2 Å². The first-order valence-corrected chi connectivity index (χ1v) is 9.80. The number of Topliss-reactive ketones (excluding diaryl/α,β-unsaturated/α-hetero) is 1. The SMILES string of the molecule is CC(C)Nc1cc(O)c2c(c1)/C=C/C[C@H](O)[C@H](O)C(=O)/C(F)=C\[C@@H](C)[C@H](C)OC2=O. The zero-order valence-electron chi connectivity index (χ0n) is 17.4. The topological polar surface area (TPSA) is 116 Å². The minimum absolute atomic E-state index is 0.0717. The van der Waals surface area contributed by atoms with Gasteiger partial charge in [0.2, 0.25) is 5.78 Å². The van der Waals surface area contributed by atoms with E-state index in [9.17, 15) is 29.3 Å². The Hall–Kier alpha value is -2.71. The Morgan fingerprint density at radius 2 is 1.87 bits per heavy atom. The molecule has 8 heteroatoms. The number of phenolic OH excluding ortho intramolecular Hbond substituents is 1. The second-order valence-electron chi connectivity index (χ2n) is 7.76. The fraction of sp³-hybridized carbons (Fsp3) is 0.455. The highest BCUT2D eigenvalue weighted by Crippen LogP contribution is 2.30. The van der Waals surface area contributed by atoms with Crippen LogP contribution in [0.1, 0.15) is 50.0 Å². The monoisotopic (exact) mass is 421 g/mol. The largest absolute Gasteiger partial charge is 0.507 e. The molecule has 1 aromatic carbocycles. The van der Waals surface area contributed by atoms with Gasteiger partial charge in [-0.1, -0.05) is 19.1 Å². The summed E-state index contributed by atoms with van der Waals surface area (Å²) in [6.07, 6.45) is -0.645. The summed E-state index contributed by atoms with van der Waals surface area (Å²) in [6.45, 7) is 6.89. The molecule has 0 radical (unpaired) electrons. The number of anilines is 1. The number of hydrogen-bond acceptors (Lipinski definition) is 7. The second kappa shape index (κ2) is 9.86. The molecular weight excluding hydrogens is 393 g/mol. The highest BCUT2D eigenvalue weighted by molar-refractivity contribution is 5.98. The number of ketones is 1. The Kier molecular flexibility index (Phi) is 7.75. The van der Waals surface area contributed by atoms with Gasteiger partial charge in [-0.05, 0) is 44.9 Å². The van der Waals surface area contributed by atoms with Gasteiger partial charge in [0.1, 0.15) is 23.5 Å². The molecule has 0 saturated heterocycles. The molecule has 0 saturated carbocycles. The van der Waals surface area contributed by atoms with Crippen molar-refractivity contribution in [2.45, 2.75) is 58.5 Å². The summed E-state index contributed by atoms with van der Waals surface area (Å²) in [6, 6.07) is 3.12. The first-order valence-electron chi connectivity index (χ1n) is 9.80. The molecule has 1 aromatic rings. The van der Waals surface area contributed by atoms with E-state index in [1.165, 1.54) is 32.1 Å². The third-order valence-electron chi connectivity index (χ3n) is 4.79. The fourth-order valence-electron chi connectivity index (χ4n) is 2.98. The fourth-order valence-corrected chi connectivity index (χ4v) is 2.98. The smallest absolute Gasteiger partial charge is 0.342 e. The van der Waals surface area contributed by atoms with E-state index in [1.807, 2.05) is 13.8 Å². The van der Waals surface area contributed by atoms with Crippen molar-refractivity contribution in [3.8, 4) is 5.75 Å². The van der Waals surface area contributed by atoms with Gasteiger partial charge in [0.25, 0.3) is 0 Å². The Labute approximate surface area is 174 Å². The number of rotatable bonds is 2. The average molecular weight is 421 g/mol. The molecule has 1 aliphatic rings. The van der Waals surface area contributed by atoms with Crippen molar-refractivity contribution in [2.24, 2.45) is 5.92 Å². The van der Waals surface area contributed by atoms with Gasteiger partial charge < -0.3 is 25.4 Å². The maximum absolute atomic E-state index is 14.2. The standard InChI is InChI=1S/C22H28FNO6/c1-11(2)24-15-9-14-6-5-7-17(25)21(28)20(27)16(23)8-12(3)13(4)30-22(29)19(14)18(26)10-15/h5-6,8-13,17,21,24-26,28H,7H2,1-4H3/b6-5+,16-8+/t12-,13+,17+,21+/m1/s1. The third-order valence-corrected chi connectivity index (χ3v) is 4.79. The molecule has 164 valence electrons. The predicted octanol–water partition coefficient (Wildman–Crippen LogP) is 2.96. The normalized spacial score (nSPS) is 28.7. The molecule has 7 nitrogen and oxygen atoms in total. The molecule has 1 aliphatic heterocycles. The number of aliphatic hydroxyl groups excluding tert-OH is 2. The molecule has 4 atom stereocenters. The van der Waals surface area contributed by atoms with Crippen LogP contribution in [0.4, 0.5) is 10.1 Å². The van der Waals surface area contributed by atoms with Crippen molar-refractivity contribution >= 4 is 23.5 Å². The van der Waals surface area contributed by atoms with E-state index < -0.39 is 41.8 Å². The minimum Gasteiger partial charge on any atom is -0.507 e. The highest BCUT2D eigenvalue weighted by Gasteiger charge is 2.29. The zero-order chi connectivity index (χ0) is 22.6. The number of fused-ring (bicyclic) bond motifs is 1. The van der Waals surface area contributed by atoms with E-state index in [2.05, 4.69) is 5.32 Å². The van der Waals surface area contributed by atoms with E-state index in [0.717, 1.165) is 6.08 Å². The summed E-state index contributed by atoms with van der Waals surface area (Å²) in [5.74, 6) is -4.26.